The minimum atomic E-state index is -0.173. The fourth-order valence-corrected chi connectivity index (χ4v) is 1.91. The topological polar surface area (TPSA) is 57.0 Å². The van der Waals surface area contributed by atoms with E-state index in [1.54, 1.807) is 5.38 Å². The minimum Gasteiger partial charge on any atom is -0.350 e. The predicted molar refractivity (Wildman–Crippen MR) is 60.7 cm³/mol. The molecule has 1 aromatic heterocycles. The van der Waals surface area contributed by atoms with Gasteiger partial charge in [-0.2, -0.15) is 5.26 Å². The van der Waals surface area contributed by atoms with Crippen LogP contribution in [0.15, 0.2) is 5.38 Å². The second-order valence-corrected chi connectivity index (χ2v) is 4.01. The number of thiazole rings is 1. The number of rotatable bonds is 5. The molecule has 1 rings (SSSR count). The van der Waals surface area contributed by atoms with Gasteiger partial charge in [0.05, 0.1) is 18.4 Å². The lowest BCUT2D eigenvalue weighted by molar-refractivity contribution is 0.101. The summed E-state index contributed by atoms with van der Waals surface area (Å²) >= 11 is 6.80. The standard InChI is InChI=1S/C9H10ClN3OS/c1-13(4-2-3-11)9-12-7(6-15-9)8(14)5-10/h6H,2,4-5H2,1H3. The number of carbonyl (C=O) groups excluding carboxylic acids is 1. The van der Waals surface area contributed by atoms with Gasteiger partial charge in [0, 0.05) is 19.0 Å². The van der Waals surface area contributed by atoms with Crippen molar-refractivity contribution in [1.82, 2.24) is 4.98 Å². The Kier molecular flexibility index (Phi) is 4.53. The average molecular weight is 244 g/mol. The van der Waals surface area contributed by atoms with Crippen LogP contribution in [0.2, 0.25) is 0 Å². The molecule has 0 saturated heterocycles. The molecule has 15 heavy (non-hydrogen) atoms. The van der Waals surface area contributed by atoms with E-state index in [4.69, 9.17) is 16.9 Å². The van der Waals surface area contributed by atoms with E-state index in [0.29, 0.717) is 18.7 Å². The van der Waals surface area contributed by atoms with Crippen LogP contribution >= 0.6 is 22.9 Å². The van der Waals surface area contributed by atoms with E-state index < -0.39 is 0 Å². The zero-order chi connectivity index (χ0) is 11.3. The van der Waals surface area contributed by atoms with Crippen molar-refractivity contribution in [3.05, 3.63) is 11.1 Å². The molecular weight excluding hydrogens is 234 g/mol. The van der Waals surface area contributed by atoms with Crippen molar-refractivity contribution in [3.63, 3.8) is 0 Å². The summed E-state index contributed by atoms with van der Waals surface area (Å²) < 4.78 is 0. The third-order valence-corrected chi connectivity index (χ3v) is 2.98. The van der Waals surface area contributed by atoms with E-state index in [1.807, 2.05) is 11.9 Å². The summed E-state index contributed by atoms with van der Waals surface area (Å²) in [6, 6.07) is 2.06. The summed E-state index contributed by atoms with van der Waals surface area (Å²) in [7, 11) is 1.84. The summed E-state index contributed by atoms with van der Waals surface area (Å²) in [6.07, 6.45) is 0.439. The van der Waals surface area contributed by atoms with Crippen molar-refractivity contribution in [2.45, 2.75) is 6.42 Å². The van der Waals surface area contributed by atoms with Crippen molar-refractivity contribution >= 4 is 33.9 Å². The molecule has 0 fully saturated rings. The number of ketones is 1. The normalized spacial score (nSPS) is 9.67. The SMILES string of the molecule is CN(CCC#N)c1nc(C(=O)CCl)cs1. The van der Waals surface area contributed by atoms with E-state index in [0.717, 1.165) is 5.13 Å². The summed E-state index contributed by atoms with van der Waals surface area (Å²) in [6.45, 7) is 0.610. The molecular formula is C9H10ClN3OS. The molecule has 0 spiro atoms. The first kappa shape index (κ1) is 12.0. The third-order valence-electron chi connectivity index (χ3n) is 1.78. The van der Waals surface area contributed by atoms with E-state index in [2.05, 4.69) is 11.1 Å². The number of Topliss-reactive ketones (excluding diaryl/α,β-unsaturated/α-hetero) is 1. The second-order valence-electron chi connectivity index (χ2n) is 2.90. The minimum absolute atomic E-state index is 0.0505. The van der Waals surface area contributed by atoms with Crippen LogP contribution in [0.4, 0.5) is 5.13 Å². The molecule has 0 unspecified atom stereocenters. The highest BCUT2D eigenvalue weighted by Gasteiger charge is 2.11. The Balaban J connectivity index is 2.67. The van der Waals surface area contributed by atoms with E-state index in [-0.39, 0.29) is 11.7 Å². The van der Waals surface area contributed by atoms with E-state index in [9.17, 15) is 4.79 Å². The number of halogens is 1. The highest BCUT2D eigenvalue weighted by Crippen LogP contribution is 2.19. The number of hydrogen-bond donors (Lipinski definition) is 0. The van der Waals surface area contributed by atoms with Crippen LogP contribution in [-0.2, 0) is 0 Å². The van der Waals surface area contributed by atoms with Gasteiger partial charge in [0.1, 0.15) is 5.69 Å². The molecule has 0 aliphatic carbocycles. The van der Waals surface area contributed by atoms with Gasteiger partial charge in [-0.05, 0) is 0 Å². The first-order valence-corrected chi connectivity index (χ1v) is 5.73. The Morgan fingerprint density at radius 1 is 1.80 bits per heavy atom. The number of nitriles is 1. The first-order chi connectivity index (χ1) is 7.19. The van der Waals surface area contributed by atoms with Crippen LogP contribution in [0.25, 0.3) is 0 Å². The molecule has 0 aromatic carbocycles. The van der Waals surface area contributed by atoms with Crippen LogP contribution in [0.1, 0.15) is 16.9 Å². The maximum Gasteiger partial charge on any atom is 0.196 e. The Morgan fingerprint density at radius 2 is 2.53 bits per heavy atom. The number of alkyl halides is 1. The molecule has 0 aliphatic rings. The van der Waals surface area contributed by atoms with Crippen molar-refractivity contribution in [3.8, 4) is 6.07 Å². The zero-order valence-electron chi connectivity index (χ0n) is 8.23. The molecule has 0 saturated carbocycles. The van der Waals surface area contributed by atoms with Gasteiger partial charge in [0.2, 0.25) is 0 Å². The third kappa shape index (κ3) is 3.18. The molecule has 0 radical (unpaired) electrons. The Bertz CT molecular complexity index is 385. The molecule has 1 heterocycles. The van der Waals surface area contributed by atoms with E-state index >= 15 is 0 Å². The van der Waals surface area contributed by atoms with Gasteiger partial charge in [0.15, 0.2) is 10.9 Å². The maximum absolute atomic E-state index is 11.2. The van der Waals surface area contributed by atoms with Gasteiger partial charge >= 0.3 is 0 Å². The number of nitrogens with zero attached hydrogens (tertiary/aromatic N) is 3. The second kappa shape index (κ2) is 5.69. The van der Waals surface area contributed by atoms with Crippen LogP contribution in [0, 0.1) is 11.3 Å². The monoisotopic (exact) mass is 243 g/mol. The quantitative estimate of drug-likeness (QED) is 0.586. The highest BCUT2D eigenvalue weighted by atomic mass is 35.5. The molecule has 1 aromatic rings. The molecule has 0 bridgehead atoms. The molecule has 0 atom stereocenters. The Labute approximate surface area is 97.1 Å². The van der Waals surface area contributed by atoms with Crippen LogP contribution in [0.3, 0.4) is 0 Å². The van der Waals surface area contributed by atoms with Crippen molar-refractivity contribution in [2.75, 3.05) is 24.4 Å². The number of hydrogen-bond acceptors (Lipinski definition) is 5. The fourth-order valence-electron chi connectivity index (χ4n) is 0.949. The number of carbonyl (C=O) groups is 1. The molecule has 6 heteroatoms. The van der Waals surface area contributed by atoms with Gasteiger partial charge < -0.3 is 4.90 Å². The van der Waals surface area contributed by atoms with Crippen LogP contribution < -0.4 is 4.90 Å². The number of aromatic nitrogens is 1. The fraction of sp³-hybridized carbons (Fsp3) is 0.444. The largest absolute Gasteiger partial charge is 0.350 e. The molecule has 80 valence electrons. The lowest BCUT2D eigenvalue weighted by Crippen LogP contribution is -2.18. The van der Waals surface area contributed by atoms with Gasteiger partial charge in [-0.3, -0.25) is 4.79 Å². The van der Waals surface area contributed by atoms with Gasteiger partial charge in [-0.25, -0.2) is 4.98 Å². The van der Waals surface area contributed by atoms with Gasteiger partial charge in [-0.15, -0.1) is 22.9 Å². The zero-order valence-corrected chi connectivity index (χ0v) is 9.81. The Morgan fingerprint density at radius 3 is 3.13 bits per heavy atom. The van der Waals surface area contributed by atoms with E-state index in [1.165, 1.54) is 11.3 Å². The predicted octanol–water partition coefficient (Wildman–Crippen LogP) is 1.91. The smallest absolute Gasteiger partial charge is 0.196 e. The van der Waals surface area contributed by atoms with Gasteiger partial charge in [-0.1, -0.05) is 0 Å². The van der Waals surface area contributed by atoms with Crippen molar-refractivity contribution < 1.29 is 4.79 Å². The lowest BCUT2D eigenvalue weighted by atomic mass is 10.3. The molecule has 4 nitrogen and oxygen atoms in total. The highest BCUT2D eigenvalue weighted by molar-refractivity contribution is 7.13. The maximum atomic E-state index is 11.2. The van der Waals surface area contributed by atoms with Gasteiger partial charge in [0.25, 0.3) is 0 Å². The summed E-state index contributed by atoms with van der Waals surface area (Å²) in [4.78, 5) is 17.2. The molecule has 0 aliphatic heterocycles. The average Bonchev–Trinajstić information content (AvgIpc) is 2.74. The van der Waals surface area contributed by atoms with Crippen molar-refractivity contribution in [2.24, 2.45) is 0 Å². The first-order valence-electron chi connectivity index (χ1n) is 4.31. The lowest BCUT2D eigenvalue weighted by Gasteiger charge is -2.12. The van der Waals surface area contributed by atoms with Crippen LogP contribution in [0.5, 0.6) is 0 Å². The van der Waals surface area contributed by atoms with Crippen molar-refractivity contribution in [1.29, 1.82) is 5.26 Å². The number of anilines is 1. The Hall–Kier alpha value is -1.12. The molecule has 0 N–H and O–H groups in total. The summed E-state index contributed by atoms with van der Waals surface area (Å²) in [5.74, 6) is -0.224. The summed E-state index contributed by atoms with van der Waals surface area (Å²) in [5.41, 5.74) is 0.397. The van der Waals surface area contributed by atoms with Crippen LogP contribution in [-0.4, -0.2) is 30.2 Å². The molecule has 0 amide bonds. The summed E-state index contributed by atoms with van der Waals surface area (Å²) in [5, 5.41) is 10.8.